The Morgan fingerprint density at radius 1 is 1.16 bits per heavy atom. The summed E-state index contributed by atoms with van der Waals surface area (Å²) in [6, 6.07) is 5.31. The molecule has 1 aliphatic rings. The molecular weight excluding hydrogens is 413 g/mol. The van der Waals surface area contributed by atoms with Gasteiger partial charge in [-0.2, -0.15) is 0 Å². The van der Waals surface area contributed by atoms with E-state index in [0.717, 1.165) is 12.8 Å². The molecule has 0 bridgehead atoms. The van der Waals surface area contributed by atoms with Crippen molar-refractivity contribution in [2.45, 2.75) is 64.0 Å². The number of aromatic nitrogens is 1. The number of hydrogen-bond acceptors (Lipinski definition) is 4. The average molecular weight is 441 g/mol. The number of hydrogen-bond donors (Lipinski definition) is 2. The first-order chi connectivity index (χ1) is 15.2. The molecule has 170 valence electrons. The molecule has 7 heteroatoms. The highest BCUT2D eigenvalue weighted by Gasteiger charge is 2.36. The zero-order valence-corrected chi connectivity index (χ0v) is 18.3. The summed E-state index contributed by atoms with van der Waals surface area (Å²) in [5.41, 5.74) is 2.48. The van der Waals surface area contributed by atoms with E-state index in [1.54, 1.807) is 4.57 Å². The summed E-state index contributed by atoms with van der Waals surface area (Å²) in [5, 5.41) is 20.0. The van der Waals surface area contributed by atoms with Crippen molar-refractivity contribution in [2.75, 3.05) is 0 Å². The molecule has 2 unspecified atom stereocenters. The number of ketones is 1. The fraction of sp³-hybridized carbons (Fsp3) is 0.400. The lowest BCUT2D eigenvalue weighted by molar-refractivity contribution is -0.141. The van der Waals surface area contributed by atoms with Gasteiger partial charge in [0.05, 0.1) is 17.7 Å². The van der Waals surface area contributed by atoms with E-state index < -0.39 is 36.0 Å². The first-order valence-electron chi connectivity index (χ1n) is 10.8. The quantitative estimate of drug-likeness (QED) is 0.480. The number of carboxylic acid groups (broad SMARTS) is 1. The molecule has 0 spiro atoms. The molecule has 2 atom stereocenters. The molecule has 0 aliphatic heterocycles. The maximum absolute atomic E-state index is 13.7. The van der Waals surface area contributed by atoms with E-state index in [4.69, 9.17) is 0 Å². The summed E-state index contributed by atoms with van der Waals surface area (Å²) < 4.78 is 15.3. The highest BCUT2D eigenvalue weighted by molar-refractivity contribution is 6.00. The first-order valence-corrected chi connectivity index (χ1v) is 10.8. The Balaban J connectivity index is 2.47. The molecule has 1 aliphatic carbocycles. The van der Waals surface area contributed by atoms with E-state index >= 15 is 0 Å². The maximum atomic E-state index is 13.7. The lowest BCUT2D eigenvalue weighted by Crippen LogP contribution is -2.36. The number of nitrogens with zero attached hydrogens (tertiary/aromatic N) is 1. The average Bonchev–Trinajstić information content (AvgIpc) is 2.75. The minimum absolute atomic E-state index is 0.171. The van der Waals surface area contributed by atoms with Crippen LogP contribution in [0.3, 0.4) is 0 Å². The third kappa shape index (κ3) is 4.43. The van der Waals surface area contributed by atoms with Crippen molar-refractivity contribution in [3.63, 3.8) is 0 Å². The summed E-state index contributed by atoms with van der Waals surface area (Å²) in [5.74, 6) is -3.63. The second-order valence-corrected chi connectivity index (χ2v) is 8.44. The van der Waals surface area contributed by atoms with Gasteiger partial charge in [0, 0.05) is 11.6 Å². The second kappa shape index (κ2) is 9.61. The summed E-state index contributed by atoms with van der Waals surface area (Å²) in [4.78, 5) is 38.0. The second-order valence-electron chi connectivity index (χ2n) is 8.44. The van der Waals surface area contributed by atoms with Crippen molar-refractivity contribution in [3.05, 3.63) is 69.8 Å². The van der Waals surface area contributed by atoms with E-state index in [1.807, 2.05) is 13.8 Å². The Hall–Kier alpha value is -3.06. The topological polar surface area (TPSA) is 96.6 Å². The first kappa shape index (κ1) is 23.6. The van der Waals surface area contributed by atoms with Gasteiger partial charge in [-0.1, -0.05) is 6.08 Å². The summed E-state index contributed by atoms with van der Waals surface area (Å²) in [6.07, 6.45) is 1.80. The number of pyridine rings is 1. The summed E-state index contributed by atoms with van der Waals surface area (Å²) in [6.45, 7) is 7.28. The Kier molecular flexibility index (Phi) is 7.09. The molecule has 6 nitrogen and oxygen atoms in total. The minimum Gasteiger partial charge on any atom is -0.481 e. The number of aliphatic carboxylic acids is 1. The molecule has 32 heavy (non-hydrogen) atoms. The van der Waals surface area contributed by atoms with Crippen molar-refractivity contribution in [2.24, 2.45) is 0 Å². The van der Waals surface area contributed by atoms with Gasteiger partial charge in [-0.3, -0.25) is 14.4 Å². The third-order valence-electron chi connectivity index (χ3n) is 5.97. The predicted molar refractivity (Wildman–Crippen MR) is 119 cm³/mol. The molecule has 0 radical (unpaired) electrons. The Labute approximate surface area is 186 Å². The van der Waals surface area contributed by atoms with Crippen molar-refractivity contribution in [1.82, 2.24) is 4.57 Å². The maximum Gasteiger partial charge on any atom is 0.310 e. The van der Waals surface area contributed by atoms with Crippen LogP contribution >= 0.6 is 0 Å². The summed E-state index contributed by atoms with van der Waals surface area (Å²) >= 11 is 0. The van der Waals surface area contributed by atoms with E-state index in [-0.39, 0.29) is 11.6 Å². The fourth-order valence-electron chi connectivity index (χ4n) is 4.61. The number of carbonyl (C=O) groups excluding carboxylic acids is 1. The van der Waals surface area contributed by atoms with E-state index in [2.05, 4.69) is 6.58 Å². The van der Waals surface area contributed by atoms with Crippen molar-refractivity contribution < 1.29 is 24.2 Å². The SMILES string of the molecule is C=CC(O)C(C(=O)CC(=O)O)c1c2c(c(=O)n(C(C)C)c1-c1ccc(F)cc1)CCCC2. The molecule has 1 heterocycles. The number of rotatable bonds is 8. The molecule has 0 saturated carbocycles. The van der Waals surface area contributed by atoms with E-state index in [9.17, 15) is 29.0 Å². The van der Waals surface area contributed by atoms with Gasteiger partial charge in [0.1, 0.15) is 12.2 Å². The van der Waals surface area contributed by atoms with Gasteiger partial charge < -0.3 is 14.8 Å². The fourth-order valence-corrected chi connectivity index (χ4v) is 4.61. The zero-order valence-electron chi connectivity index (χ0n) is 18.3. The smallest absolute Gasteiger partial charge is 0.310 e. The molecule has 1 aromatic carbocycles. The van der Waals surface area contributed by atoms with Crippen LogP contribution in [0.15, 0.2) is 41.7 Å². The molecular formula is C25H28FNO5. The molecule has 0 saturated heterocycles. The molecule has 3 rings (SSSR count). The highest BCUT2D eigenvalue weighted by atomic mass is 19.1. The van der Waals surface area contributed by atoms with Gasteiger partial charge in [0.15, 0.2) is 5.78 Å². The van der Waals surface area contributed by atoms with E-state index in [1.165, 1.54) is 30.3 Å². The molecule has 1 aromatic heterocycles. The number of carboxylic acids is 1. The largest absolute Gasteiger partial charge is 0.481 e. The number of carbonyl (C=O) groups is 2. The van der Waals surface area contributed by atoms with E-state index in [0.29, 0.717) is 40.8 Å². The minimum atomic E-state index is -1.34. The van der Waals surface area contributed by atoms with Gasteiger partial charge in [0.2, 0.25) is 0 Å². The van der Waals surface area contributed by atoms with Crippen LogP contribution in [0.1, 0.15) is 61.8 Å². The Morgan fingerprint density at radius 3 is 2.28 bits per heavy atom. The Bertz CT molecular complexity index is 1100. The lowest BCUT2D eigenvalue weighted by Gasteiger charge is -2.32. The monoisotopic (exact) mass is 441 g/mol. The van der Waals surface area contributed by atoms with Crippen LogP contribution in [0.25, 0.3) is 11.3 Å². The normalized spacial score (nSPS) is 15.2. The van der Waals surface area contributed by atoms with Crippen LogP contribution in [0, 0.1) is 5.82 Å². The molecule has 2 aromatic rings. The summed E-state index contributed by atoms with van der Waals surface area (Å²) in [7, 11) is 0. The van der Waals surface area contributed by atoms with Gasteiger partial charge in [-0.15, -0.1) is 6.58 Å². The number of benzene rings is 1. The zero-order chi connectivity index (χ0) is 23.6. The van der Waals surface area contributed by atoms with Crippen molar-refractivity contribution in [1.29, 1.82) is 0 Å². The van der Waals surface area contributed by atoms with Crippen LogP contribution in [0.4, 0.5) is 4.39 Å². The van der Waals surface area contributed by atoms with Gasteiger partial charge in [-0.05, 0) is 80.5 Å². The Morgan fingerprint density at radius 2 is 1.75 bits per heavy atom. The molecule has 2 N–H and O–H groups in total. The lowest BCUT2D eigenvalue weighted by atomic mass is 9.77. The van der Waals surface area contributed by atoms with Crippen molar-refractivity contribution in [3.8, 4) is 11.3 Å². The number of aliphatic hydroxyl groups is 1. The number of halogens is 1. The van der Waals surface area contributed by atoms with Gasteiger partial charge >= 0.3 is 5.97 Å². The molecule has 0 fully saturated rings. The van der Waals surface area contributed by atoms with Gasteiger partial charge in [0.25, 0.3) is 5.56 Å². The van der Waals surface area contributed by atoms with Crippen LogP contribution in [-0.4, -0.2) is 32.6 Å². The standard InChI is InChI=1S/C25H28FNO5/c1-4-19(28)23(20(29)13-21(30)31)22-17-7-5-6-8-18(17)25(32)27(14(2)3)24(22)15-9-11-16(26)12-10-15/h4,9-12,14,19,23,28H,1,5-8,13H2,2-3H3,(H,30,31). The van der Waals surface area contributed by atoms with Crippen molar-refractivity contribution >= 4 is 11.8 Å². The molecule has 0 amide bonds. The van der Waals surface area contributed by atoms with Crippen LogP contribution in [0.5, 0.6) is 0 Å². The predicted octanol–water partition coefficient (Wildman–Crippen LogP) is 3.79. The number of fused-ring (bicyclic) bond motifs is 1. The number of aliphatic hydroxyl groups excluding tert-OH is 1. The third-order valence-corrected chi connectivity index (χ3v) is 5.97. The number of Topliss-reactive ketones (excluding diaryl/α,β-unsaturated/α-hetero) is 1. The van der Waals surface area contributed by atoms with Crippen LogP contribution in [-0.2, 0) is 22.4 Å². The van der Waals surface area contributed by atoms with Crippen LogP contribution in [0.2, 0.25) is 0 Å². The van der Waals surface area contributed by atoms with Gasteiger partial charge in [-0.25, -0.2) is 4.39 Å². The highest BCUT2D eigenvalue weighted by Crippen LogP contribution is 2.39. The van der Waals surface area contributed by atoms with Crippen LogP contribution < -0.4 is 5.56 Å².